The van der Waals surface area contributed by atoms with Crippen LogP contribution < -0.4 is 0 Å². The van der Waals surface area contributed by atoms with Crippen molar-refractivity contribution in [2.45, 2.75) is 76.4 Å². The predicted molar refractivity (Wildman–Crippen MR) is 77.4 cm³/mol. The van der Waals surface area contributed by atoms with Crippen LogP contribution >= 0.6 is 11.8 Å². The maximum atomic E-state index is 11.6. The first kappa shape index (κ1) is 14.8. The van der Waals surface area contributed by atoms with Crippen LogP contribution in [-0.4, -0.2) is 10.4 Å². The van der Waals surface area contributed by atoms with Crippen LogP contribution in [0.2, 0.25) is 0 Å². The molecular weight excluding hydrogens is 228 g/mol. The minimum atomic E-state index is 0.269. The molecule has 0 aromatic heterocycles. The van der Waals surface area contributed by atoms with Gasteiger partial charge in [0.25, 0.3) is 0 Å². The van der Waals surface area contributed by atoms with Gasteiger partial charge in [0, 0.05) is 5.25 Å². The Balaban J connectivity index is 1.97. The van der Waals surface area contributed by atoms with E-state index in [4.69, 9.17) is 0 Å². The topological polar surface area (TPSA) is 17.1 Å². The van der Waals surface area contributed by atoms with Gasteiger partial charge in [0.2, 0.25) is 5.12 Å². The standard InChI is InChI=1S/C15H26OS/c1-2-3-4-5-6-7-8-13-15(16)17-14-11-9-10-12-14/h8,13-14H,2-7,9-12H2,1H3/b13-8+. The van der Waals surface area contributed by atoms with Crippen LogP contribution in [-0.2, 0) is 4.79 Å². The third kappa shape index (κ3) is 7.64. The zero-order chi connectivity index (χ0) is 12.3. The molecule has 0 amide bonds. The molecule has 0 heterocycles. The molecule has 1 rings (SSSR count). The highest BCUT2D eigenvalue weighted by Gasteiger charge is 2.17. The fraction of sp³-hybridized carbons (Fsp3) is 0.800. The Morgan fingerprint density at radius 2 is 1.88 bits per heavy atom. The van der Waals surface area contributed by atoms with Gasteiger partial charge in [0.1, 0.15) is 0 Å². The summed E-state index contributed by atoms with van der Waals surface area (Å²) in [5.74, 6) is 0. The van der Waals surface area contributed by atoms with Crippen molar-refractivity contribution in [3.05, 3.63) is 12.2 Å². The van der Waals surface area contributed by atoms with Crippen LogP contribution in [0.25, 0.3) is 0 Å². The van der Waals surface area contributed by atoms with Gasteiger partial charge in [-0.3, -0.25) is 4.79 Å². The molecule has 0 aliphatic heterocycles. The van der Waals surface area contributed by atoms with Gasteiger partial charge in [0.15, 0.2) is 0 Å². The van der Waals surface area contributed by atoms with Gasteiger partial charge in [-0.2, -0.15) is 0 Å². The highest BCUT2D eigenvalue weighted by Crippen LogP contribution is 2.29. The quantitative estimate of drug-likeness (QED) is 0.442. The van der Waals surface area contributed by atoms with Gasteiger partial charge >= 0.3 is 0 Å². The fourth-order valence-corrected chi connectivity index (χ4v) is 3.33. The molecule has 0 aromatic carbocycles. The summed E-state index contributed by atoms with van der Waals surface area (Å²) in [7, 11) is 0. The molecule has 0 unspecified atom stereocenters. The average Bonchev–Trinajstić information content (AvgIpc) is 2.80. The van der Waals surface area contributed by atoms with Gasteiger partial charge < -0.3 is 0 Å². The van der Waals surface area contributed by atoms with Crippen molar-refractivity contribution in [3.63, 3.8) is 0 Å². The highest BCUT2D eigenvalue weighted by molar-refractivity contribution is 8.14. The molecule has 2 heteroatoms. The number of hydrogen-bond donors (Lipinski definition) is 0. The van der Waals surface area contributed by atoms with Crippen LogP contribution in [0.4, 0.5) is 0 Å². The Morgan fingerprint density at radius 1 is 1.18 bits per heavy atom. The normalized spacial score (nSPS) is 17.0. The van der Waals surface area contributed by atoms with E-state index >= 15 is 0 Å². The molecule has 0 N–H and O–H groups in total. The van der Waals surface area contributed by atoms with E-state index in [9.17, 15) is 4.79 Å². The summed E-state index contributed by atoms with van der Waals surface area (Å²) >= 11 is 1.55. The van der Waals surface area contributed by atoms with Crippen molar-refractivity contribution in [2.24, 2.45) is 0 Å². The Labute approximate surface area is 110 Å². The molecule has 0 bridgehead atoms. The van der Waals surface area contributed by atoms with Crippen LogP contribution in [0.5, 0.6) is 0 Å². The summed E-state index contributed by atoms with van der Waals surface area (Å²) in [4.78, 5) is 11.6. The minimum absolute atomic E-state index is 0.269. The molecule has 1 saturated carbocycles. The predicted octanol–water partition coefficient (Wildman–Crippen LogP) is 5.11. The van der Waals surface area contributed by atoms with Crippen molar-refractivity contribution in [2.75, 3.05) is 0 Å². The number of rotatable bonds is 8. The van der Waals surface area contributed by atoms with Gasteiger partial charge in [-0.15, -0.1) is 0 Å². The lowest BCUT2D eigenvalue weighted by Gasteiger charge is -2.03. The molecule has 0 aromatic rings. The molecule has 0 atom stereocenters. The second kappa shape index (κ2) is 9.76. The first-order chi connectivity index (χ1) is 8.33. The third-order valence-corrected chi connectivity index (χ3v) is 4.49. The Hall–Kier alpha value is -0.240. The first-order valence-corrected chi connectivity index (χ1v) is 8.08. The van der Waals surface area contributed by atoms with E-state index in [1.54, 1.807) is 17.8 Å². The summed E-state index contributed by atoms with van der Waals surface area (Å²) in [6, 6.07) is 0. The van der Waals surface area contributed by atoms with Crippen molar-refractivity contribution >= 4 is 16.9 Å². The summed E-state index contributed by atoms with van der Waals surface area (Å²) in [5.41, 5.74) is 0. The summed E-state index contributed by atoms with van der Waals surface area (Å²) in [6.45, 7) is 2.23. The molecule has 1 nitrogen and oxygen atoms in total. The van der Waals surface area contributed by atoms with Crippen LogP contribution in [0.1, 0.15) is 71.1 Å². The van der Waals surface area contributed by atoms with Crippen LogP contribution in [0, 0.1) is 0 Å². The second-order valence-electron chi connectivity index (χ2n) is 4.95. The summed E-state index contributed by atoms with van der Waals surface area (Å²) in [6.07, 6.45) is 16.6. The van der Waals surface area contributed by atoms with Crippen LogP contribution in [0.3, 0.4) is 0 Å². The number of thioether (sulfide) groups is 1. The molecule has 1 fully saturated rings. The third-order valence-electron chi connectivity index (χ3n) is 3.31. The molecule has 0 saturated heterocycles. The van der Waals surface area contributed by atoms with Gasteiger partial charge in [-0.1, -0.05) is 63.3 Å². The van der Waals surface area contributed by atoms with Gasteiger partial charge in [-0.05, 0) is 31.8 Å². The van der Waals surface area contributed by atoms with E-state index in [2.05, 4.69) is 13.0 Å². The SMILES string of the molecule is CCCCCCC/C=C/C(=O)SC1CCCC1. The summed E-state index contributed by atoms with van der Waals surface area (Å²) < 4.78 is 0. The lowest BCUT2D eigenvalue weighted by Crippen LogP contribution is -1.98. The van der Waals surface area contributed by atoms with Crippen molar-refractivity contribution < 1.29 is 4.79 Å². The first-order valence-electron chi connectivity index (χ1n) is 7.20. The van der Waals surface area contributed by atoms with E-state index in [-0.39, 0.29) is 5.12 Å². The molecule has 0 spiro atoms. The number of carbonyl (C=O) groups is 1. The van der Waals surface area contributed by atoms with Crippen molar-refractivity contribution in [3.8, 4) is 0 Å². The maximum absolute atomic E-state index is 11.6. The van der Waals surface area contributed by atoms with Crippen LogP contribution in [0.15, 0.2) is 12.2 Å². The summed E-state index contributed by atoms with van der Waals surface area (Å²) in [5, 5.41) is 0.877. The van der Waals surface area contributed by atoms with Gasteiger partial charge in [-0.25, -0.2) is 0 Å². The molecular formula is C15H26OS. The molecule has 17 heavy (non-hydrogen) atoms. The van der Waals surface area contributed by atoms with Crippen molar-refractivity contribution in [1.82, 2.24) is 0 Å². The lowest BCUT2D eigenvalue weighted by atomic mass is 10.1. The number of hydrogen-bond acceptors (Lipinski definition) is 2. The number of unbranched alkanes of at least 4 members (excludes halogenated alkanes) is 5. The Bertz CT molecular complexity index is 229. The van der Waals surface area contributed by atoms with E-state index in [1.165, 1.54) is 57.8 Å². The van der Waals surface area contributed by atoms with E-state index < -0.39 is 0 Å². The second-order valence-corrected chi connectivity index (χ2v) is 6.25. The Morgan fingerprint density at radius 3 is 2.59 bits per heavy atom. The van der Waals surface area contributed by atoms with E-state index in [0.29, 0.717) is 5.25 Å². The monoisotopic (exact) mass is 254 g/mol. The largest absolute Gasteiger partial charge is 0.282 e. The van der Waals surface area contributed by atoms with Gasteiger partial charge in [0.05, 0.1) is 0 Å². The smallest absolute Gasteiger partial charge is 0.212 e. The molecule has 1 aliphatic rings. The number of carbonyl (C=O) groups excluding carboxylic acids is 1. The molecule has 98 valence electrons. The van der Waals surface area contributed by atoms with E-state index in [1.807, 2.05) is 0 Å². The Kier molecular flexibility index (Phi) is 8.50. The fourth-order valence-electron chi connectivity index (χ4n) is 2.26. The van der Waals surface area contributed by atoms with Crippen molar-refractivity contribution in [1.29, 1.82) is 0 Å². The zero-order valence-electron chi connectivity index (χ0n) is 11.1. The highest BCUT2D eigenvalue weighted by atomic mass is 32.2. The number of allylic oxidation sites excluding steroid dienone is 1. The minimum Gasteiger partial charge on any atom is -0.282 e. The molecule has 0 radical (unpaired) electrons. The van der Waals surface area contributed by atoms with E-state index in [0.717, 1.165) is 6.42 Å². The lowest BCUT2D eigenvalue weighted by molar-refractivity contribution is -0.107. The molecule has 1 aliphatic carbocycles. The zero-order valence-corrected chi connectivity index (χ0v) is 11.9. The average molecular weight is 254 g/mol. The maximum Gasteiger partial charge on any atom is 0.212 e.